The summed E-state index contributed by atoms with van der Waals surface area (Å²) in [7, 11) is 0. The summed E-state index contributed by atoms with van der Waals surface area (Å²) < 4.78 is 6.47. The number of aromatic amines is 1. The number of aromatic nitrogens is 2. The van der Waals surface area contributed by atoms with Crippen molar-refractivity contribution in [2.75, 3.05) is 32.8 Å². The molecule has 30 heavy (non-hydrogen) atoms. The van der Waals surface area contributed by atoms with Crippen LogP contribution < -0.4 is 5.56 Å². The number of morpholine rings is 1. The summed E-state index contributed by atoms with van der Waals surface area (Å²) in [5.41, 5.74) is -0.567. The molecule has 0 unspecified atom stereocenters. The molecule has 2 bridgehead atoms. The molecule has 2 aromatic rings. The van der Waals surface area contributed by atoms with Gasteiger partial charge < -0.3 is 14.7 Å². The maximum absolute atomic E-state index is 13.0. The maximum Gasteiger partial charge on any atom is 0.274 e. The van der Waals surface area contributed by atoms with Gasteiger partial charge in [0.2, 0.25) is 0 Å². The Labute approximate surface area is 178 Å². The number of nitrogens with zero attached hydrogens (tertiary/aromatic N) is 3. The van der Waals surface area contributed by atoms with E-state index in [1.807, 2.05) is 11.3 Å². The Morgan fingerprint density at radius 1 is 1.30 bits per heavy atom. The zero-order valence-electron chi connectivity index (χ0n) is 16.9. The Morgan fingerprint density at radius 3 is 2.83 bits per heavy atom. The van der Waals surface area contributed by atoms with E-state index in [1.54, 1.807) is 4.90 Å². The summed E-state index contributed by atoms with van der Waals surface area (Å²) in [6.45, 7) is 5.61. The average molecular weight is 431 g/mol. The zero-order valence-corrected chi connectivity index (χ0v) is 17.7. The second-order valence-electron chi connectivity index (χ2n) is 8.56. The molecule has 3 fully saturated rings. The number of aliphatic hydroxyl groups excluding tert-OH is 1. The molecule has 5 heterocycles. The third-order valence-electron chi connectivity index (χ3n) is 6.70. The zero-order chi connectivity index (χ0) is 20.9. The molecule has 3 saturated heterocycles. The number of hydrogen-bond acceptors (Lipinski definition) is 7. The number of nitrogens with one attached hydrogen (secondary N) is 1. The van der Waals surface area contributed by atoms with E-state index in [-0.39, 0.29) is 41.7 Å². The summed E-state index contributed by atoms with van der Waals surface area (Å²) >= 11 is 1.85. The molecule has 4 atom stereocenters. The fourth-order valence-electron chi connectivity index (χ4n) is 5.35. The smallest absolute Gasteiger partial charge is 0.274 e. The first kappa shape index (κ1) is 19.9. The first-order valence-corrected chi connectivity index (χ1v) is 11.3. The van der Waals surface area contributed by atoms with Crippen LogP contribution in [-0.2, 0) is 17.7 Å². The Bertz CT molecular complexity index is 986. The topological polar surface area (TPSA) is 98.8 Å². The van der Waals surface area contributed by atoms with Gasteiger partial charge in [0.15, 0.2) is 0 Å². The number of carbonyl (C=O) groups excluding carboxylic acids is 1. The van der Waals surface area contributed by atoms with Gasteiger partial charge in [-0.2, -0.15) is 5.10 Å². The molecule has 1 amide bonds. The lowest BCUT2D eigenvalue weighted by molar-refractivity contribution is -0.108. The predicted octanol–water partition coefficient (Wildman–Crippen LogP) is 0.728. The minimum absolute atomic E-state index is 0.0193. The van der Waals surface area contributed by atoms with E-state index in [9.17, 15) is 14.7 Å². The van der Waals surface area contributed by atoms with Gasteiger partial charge in [-0.15, -0.1) is 11.3 Å². The van der Waals surface area contributed by atoms with Crippen LogP contribution in [0.1, 0.15) is 27.2 Å². The Morgan fingerprint density at radius 2 is 2.13 bits per heavy atom. The highest BCUT2D eigenvalue weighted by atomic mass is 32.1. The van der Waals surface area contributed by atoms with Gasteiger partial charge in [-0.3, -0.25) is 14.5 Å². The van der Waals surface area contributed by atoms with Crippen LogP contribution in [0.5, 0.6) is 0 Å². The molecule has 0 aromatic carbocycles. The molecule has 0 radical (unpaired) electrons. The first-order chi connectivity index (χ1) is 14.5. The van der Waals surface area contributed by atoms with E-state index in [2.05, 4.69) is 34.2 Å². The van der Waals surface area contributed by atoms with Crippen molar-refractivity contribution >= 4 is 17.2 Å². The standard InChI is InChI=1S/C21H26N4O4S/c1-2-13-3-4-14(30-13)7-24-8-16-15(10-26)18-9-25(12-21(16,11-24)29-18)20(28)17-5-6-19(27)23-22-17/h3-6,15-16,18,26H,2,7-12H2,1H3,(H,23,27)/t15-,16+,18+,21-/m0/s1. The van der Waals surface area contributed by atoms with Crippen LogP contribution >= 0.6 is 11.3 Å². The molecule has 0 aliphatic carbocycles. The molecule has 3 aliphatic rings. The van der Waals surface area contributed by atoms with Crippen molar-refractivity contribution in [2.24, 2.45) is 11.8 Å². The van der Waals surface area contributed by atoms with E-state index < -0.39 is 5.60 Å². The number of H-pyrrole nitrogens is 1. The molecule has 5 rings (SSSR count). The number of ether oxygens (including phenoxy) is 1. The summed E-state index contributed by atoms with van der Waals surface area (Å²) in [6.07, 6.45) is 0.876. The Hall–Kier alpha value is -2.07. The predicted molar refractivity (Wildman–Crippen MR) is 111 cm³/mol. The van der Waals surface area contributed by atoms with Crippen LogP contribution in [0.25, 0.3) is 0 Å². The minimum Gasteiger partial charge on any atom is -0.396 e. The lowest BCUT2D eigenvalue weighted by Crippen LogP contribution is -2.55. The lowest BCUT2D eigenvalue weighted by atomic mass is 9.83. The Kier molecular flexibility index (Phi) is 5.01. The highest BCUT2D eigenvalue weighted by molar-refractivity contribution is 7.11. The van der Waals surface area contributed by atoms with Gasteiger partial charge in [0.25, 0.3) is 11.5 Å². The quantitative estimate of drug-likeness (QED) is 0.726. The van der Waals surface area contributed by atoms with Crippen LogP contribution in [0.3, 0.4) is 0 Å². The van der Waals surface area contributed by atoms with Crippen LogP contribution in [0.15, 0.2) is 29.1 Å². The van der Waals surface area contributed by atoms with E-state index in [0.717, 1.165) is 26.1 Å². The number of aliphatic hydroxyl groups is 1. The monoisotopic (exact) mass is 430 g/mol. The van der Waals surface area contributed by atoms with Crippen LogP contribution in [-0.4, -0.2) is 75.5 Å². The third-order valence-corrected chi connectivity index (χ3v) is 7.92. The van der Waals surface area contributed by atoms with Crippen molar-refractivity contribution in [1.82, 2.24) is 20.0 Å². The number of fused-ring (bicyclic) bond motifs is 1. The van der Waals surface area contributed by atoms with Crippen molar-refractivity contribution < 1.29 is 14.6 Å². The summed E-state index contributed by atoms with van der Waals surface area (Å²) in [4.78, 5) is 31.2. The summed E-state index contributed by atoms with van der Waals surface area (Å²) in [5, 5.41) is 16.3. The molecule has 9 heteroatoms. The SMILES string of the molecule is CCc1ccc(CN2C[C@@H]3[C@H](CO)[C@H]4CN(C(=O)c5ccc(=O)[nH]n5)C[C@]3(C2)O4)s1. The van der Waals surface area contributed by atoms with Crippen molar-refractivity contribution in [1.29, 1.82) is 0 Å². The molecule has 2 aromatic heterocycles. The lowest BCUT2D eigenvalue weighted by Gasteiger charge is -2.40. The van der Waals surface area contributed by atoms with Gasteiger partial charge in [-0.1, -0.05) is 6.92 Å². The number of rotatable bonds is 5. The number of aryl methyl sites for hydroxylation is 1. The van der Waals surface area contributed by atoms with Crippen molar-refractivity contribution in [2.45, 2.75) is 31.6 Å². The number of thiophene rings is 1. The van der Waals surface area contributed by atoms with Gasteiger partial charge in [-0.05, 0) is 24.6 Å². The van der Waals surface area contributed by atoms with Gasteiger partial charge in [0, 0.05) is 60.4 Å². The second kappa shape index (κ2) is 7.56. The third kappa shape index (κ3) is 3.30. The van der Waals surface area contributed by atoms with Gasteiger partial charge in [0.1, 0.15) is 11.3 Å². The fourth-order valence-corrected chi connectivity index (χ4v) is 6.35. The average Bonchev–Trinajstić information content (AvgIpc) is 3.38. The molecule has 1 spiro atoms. The van der Waals surface area contributed by atoms with Gasteiger partial charge >= 0.3 is 0 Å². The van der Waals surface area contributed by atoms with E-state index in [0.29, 0.717) is 13.1 Å². The maximum atomic E-state index is 13.0. The van der Waals surface area contributed by atoms with Crippen molar-refractivity contribution in [3.63, 3.8) is 0 Å². The van der Waals surface area contributed by atoms with E-state index in [1.165, 1.54) is 21.9 Å². The summed E-state index contributed by atoms with van der Waals surface area (Å²) in [5.74, 6) is 0.00545. The normalized spacial score (nSPS) is 30.6. The molecule has 8 nitrogen and oxygen atoms in total. The number of likely N-dealkylation sites (tertiary alicyclic amines) is 2. The highest BCUT2D eigenvalue weighted by Crippen LogP contribution is 2.49. The van der Waals surface area contributed by atoms with Crippen molar-refractivity contribution in [3.8, 4) is 0 Å². The Balaban J connectivity index is 1.36. The van der Waals surface area contributed by atoms with Crippen LogP contribution in [0.2, 0.25) is 0 Å². The van der Waals surface area contributed by atoms with Crippen LogP contribution in [0, 0.1) is 11.8 Å². The fraction of sp³-hybridized carbons (Fsp3) is 0.571. The van der Waals surface area contributed by atoms with Gasteiger partial charge in [-0.25, -0.2) is 5.10 Å². The van der Waals surface area contributed by atoms with E-state index >= 15 is 0 Å². The minimum atomic E-state index is -0.459. The number of amides is 1. The number of carbonyl (C=O) groups is 1. The first-order valence-electron chi connectivity index (χ1n) is 10.4. The second-order valence-corrected chi connectivity index (χ2v) is 9.81. The molecular weight excluding hydrogens is 404 g/mol. The molecule has 2 N–H and O–H groups in total. The largest absolute Gasteiger partial charge is 0.396 e. The summed E-state index contributed by atoms with van der Waals surface area (Å²) in [6, 6.07) is 7.16. The number of hydrogen-bond donors (Lipinski definition) is 2. The van der Waals surface area contributed by atoms with Crippen LogP contribution in [0.4, 0.5) is 0 Å². The molecule has 0 saturated carbocycles. The highest BCUT2D eigenvalue weighted by Gasteiger charge is 2.62. The molecule has 160 valence electrons. The van der Waals surface area contributed by atoms with Gasteiger partial charge in [0.05, 0.1) is 12.6 Å². The van der Waals surface area contributed by atoms with Crippen molar-refractivity contribution in [3.05, 3.63) is 50.1 Å². The molecule has 3 aliphatic heterocycles. The van der Waals surface area contributed by atoms with E-state index in [4.69, 9.17) is 4.74 Å². The molecular formula is C21H26N4O4S.